The molecule has 0 saturated heterocycles. The summed E-state index contributed by atoms with van der Waals surface area (Å²) in [4.78, 5) is 14.6. The van der Waals surface area contributed by atoms with E-state index in [2.05, 4.69) is 126 Å². The molecular weight excluding hydrogens is 687 g/mol. The Hall–Kier alpha value is -7.63. The highest BCUT2D eigenvalue weighted by Gasteiger charge is 2.16. The molecule has 0 atom stereocenters. The van der Waals surface area contributed by atoms with Crippen LogP contribution in [0.4, 0.5) is 0 Å². The van der Waals surface area contributed by atoms with Crippen molar-refractivity contribution in [3.63, 3.8) is 0 Å². The van der Waals surface area contributed by atoms with Crippen molar-refractivity contribution in [3.05, 3.63) is 188 Å². The summed E-state index contributed by atoms with van der Waals surface area (Å²) in [5.41, 5.74) is 14.7. The molecule has 56 heavy (non-hydrogen) atoms. The van der Waals surface area contributed by atoms with Gasteiger partial charge >= 0.3 is 0 Å². The summed E-state index contributed by atoms with van der Waals surface area (Å²) in [7, 11) is 0. The topological polar surface area (TPSA) is 65.0 Å². The summed E-state index contributed by atoms with van der Waals surface area (Å²) in [5, 5.41) is 4.37. The molecule has 0 radical (unpaired) electrons. The van der Waals surface area contributed by atoms with Gasteiger partial charge in [0.2, 0.25) is 0 Å². The molecule has 5 heteroatoms. The molecule has 5 nitrogen and oxygen atoms in total. The highest BCUT2D eigenvalue weighted by Crippen LogP contribution is 2.39. The fourth-order valence-corrected chi connectivity index (χ4v) is 7.76. The van der Waals surface area contributed by atoms with Crippen molar-refractivity contribution < 1.29 is 8.83 Å². The summed E-state index contributed by atoms with van der Waals surface area (Å²) in [6.45, 7) is 0. The highest BCUT2D eigenvalue weighted by molar-refractivity contribution is 6.07. The van der Waals surface area contributed by atoms with Crippen LogP contribution in [-0.2, 0) is 0 Å². The summed E-state index contributed by atoms with van der Waals surface area (Å²) in [6, 6.07) is 61.0. The minimum Gasteiger partial charge on any atom is -0.456 e. The van der Waals surface area contributed by atoms with Crippen LogP contribution in [0, 0.1) is 0 Å². The van der Waals surface area contributed by atoms with Crippen molar-refractivity contribution in [2.45, 2.75) is 0 Å². The Morgan fingerprint density at radius 1 is 0.286 bits per heavy atom. The van der Waals surface area contributed by atoms with Gasteiger partial charge in [0, 0.05) is 50.6 Å². The second kappa shape index (κ2) is 13.0. The summed E-state index contributed by atoms with van der Waals surface area (Å²) >= 11 is 0. The fraction of sp³-hybridized carbons (Fsp3) is 0. The van der Waals surface area contributed by atoms with E-state index in [1.807, 2.05) is 67.0 Å². The lowest BCUT2D eigenvalue weighted by Gasteiger charge is -2.14. The molecule has 0 amide bonds. The smallest absolute Gasteiger partial charge is 0.160 e. The number of pyridine rings is 1. The Morgan fingerprint density at radius 3 is 1.36 bits per heavy atom. The molecule has 0 aliphatic heterocycles. The van der Waals surface area contributed by atoms with Crippen LogP contribution in [-0.4, -0.2) is 15.0 Å². The van der Waals surface area contributed by atoms with Gasteiger partial charge in [-0.15, -0.1) is 0 Å². The summed E-state index contributed by atoms with van der Waals surface area (Å²) < 4.78 is 12.4. The van der Waals surface area contributed by atoms with E-state index >= 15 is 0 Å². The standard InChI is InChI=1S/C51H31N3O2/c1-2-8-34(9-3-1)45-31-46(54-51(53-45)35-16-14-32(15-17-35)33-22-24-52-25-23-33)40-27-38(36-18-20-49-43(29-36)41-10-4-6-12-47(41)55-49)26-39(28-40)37-19-21-50-44(30-37)42-11-5-7-13-48(42)56-50/h1-31H. The van der Waals surface area contributed by atoms with E-state index < -0.39 is 0 Å². The maximum Gasteiger partial charge on any atom is 0.160 e. The van der Waals surface area contributed by atoms with Gasteiger partial charge in [-0.1, -0.05) is 103 Å². The molecule has 262 valence electrons. The summed E-state index contributed by atoms with van der Waals surface area (Å²) in [6.07, 6.45) is 3.63. The van der Waals surface area contributed by atoms with Gasteiger partial charge in [-0.2, -0.15) is 0 Å². The van der Waals surface area contributed by atoms with Crippen molar-refractivity contribution in [2.75, 3.05) is 0 Å². The van der Waals surface area contributed by atoms with Crippen LogP contribution < -0.4 is 0 Å². The zero-order valence-corrected chi connectivity index (χ0v) is 30.1. The number of nitrogens with zero attached hydrogens (tertiary/aromatic N) is 3. The van der Waals surface area contributed by atoms with Crippen molar-refractivity contribution >= 4 is 43.9 Å². The van der Waals surface area contributed by atoms with E-state index in [0.717, 1.165) is 105 Å². The molecule has 0 N–H and O–H groups in total. The third-order valence-electron chi connectivity index (χ3n) is 10.6. The first-order valence-corrected chi connectivity index (χ1v) is 18.6. The van der Waals surface area contributed by atoms with Crippen LogP contribution in [0.5, 0.6) is 0 Å². The average molecular weight is 718 g/mol. The summed E-state index contributed by atoms with van der Waals surface area (Å²) in [5.74, 6) is 0.659. The molecule has 0 spiro atoms. The molecular formula is C51H31N3O2. The molecule has 0 aliphatic carbocycles. The Labute approximate surface area is 322 Å². The molecule has 4 aromatic heterocycles. The second-order valence-corrected chi connectivity index (χ2v) is 14.1. The maximum atomic E-state index is 6.21. The number of hydrogen-bond acceptors (Lipinski definition) is 5. The van der Waals surface area contributed by atoms with Gasteiger partial charge < -0.3 is 8.83 Å². The Kier molecular flexibility index (Phi) is 7.42. The van der Waals surface area contributed by atoms with E-state index in [1.165, 1.54) is 0 Å². The number of rotatable bonds is 6. The first kappa shape index (κ1) is 31.9. The third-order valence-corrected chi connectivity index (χ3v) is 10.6. The molecule has 4 heterocycles. The first-order valence-electron chi connectivity index (χ1n) is 18.6. The largest absolute Gasteiger partial charge is 0.456 e. The van der Waals surface area contributed by atoms with Crippen LogP contribution in [0.25, 0.3) is 111 Å². The molecule has 0 saturated carbocycles. The zero-order valence-electron chi connectivity index (χ0n) is 30.1. The molecule has 0 bridgehead atoms. The maximum absolute atomic E-state index is 6.21. The third kappa shape index (κ3) is 5.62. The predicted octanol–water partition coefficient (Wildman–Crippen LogP) is 13.7. The van der Waals surface area contributed by atoms with Crippen LogP contribution in [0.3, 0.4) is 0 Å². The number of aromatic nitrogens is 3. The average Bonchev–Trinajstić information content (AvgIpc) is 3.84. The Balaban J connectivity index is 1.11. The minimum atomic E-state index is 0.659. The molecule has 11 rings (SSSR count). The lowest BCUT2D eigenvalue weighted by atomic mass is 9.93. The van der Waals surface area contributed by atoms with Crippen LogP contribution in [0.2, 0.25) is 0 Å². The van der Waals surface area contributed by atoms with Gasteiger partial charge in [0.05, 0.1) is 11.4 Å². The van der Waals surface area contributed by atoms with Crippen LogP contribution >= 0.6 is 0 Å². The Bertz CT molecular complexity index is 3110. The molecule has 0 unspecified atom stereocenters. The SMILES string of the molecule is c1ccc(-c2cc(-c3cc(-c4ccc5oc6ccccc6c5c4)cc(-c4ccc5oc6ccccc6c5c4)c3)nc(-c3ccc(-c4ccncc4)cc3)n2)cc1. The normalized spacial score (nSPS) is 11.6. The van der Waals surface area contributed by atoms with Crippen molar-refractivity contribution in [2.24, 2.45) is 0 Å². The van der Waals surface area contributed by atoms with Gasteiger partial charge in [0.15, 0.2) is 5.82 Å². The highest BCUT2D eigenvalue weighted by atomic mass is 16.3. The predicted molar refractivity (Wildman–Crippen MR) is 227 cm³/mol. The molecule has 11 aromatic rings. The van der Waals surface area contributed by atoms with E-state index in [1.54, 1.807) is 0 Å². The lowest BCUT2D eigenvalue weighted by molar-refractivity contribution is 0.668. The van der Waals surface area contributed by atoms with Gasteiger partial charge in [0.1, 0.15) is 22.3 Å². The van der Waals surface area contributed by atoms with Gasteiger partial charge in [-0.25, -0.2) is 9.97 Å². The van der Waals surface area contributed by atoms with Crippen LogP contribution in [0.1, 0.15) is 0 Å². The van der Waals surface area contributed by atoms with E-state index in [0.29, 0.717) is 5.82 Å². The molecule has 0 aliphatic rings. The zero-order chi connectivity index (χ0) is 37.0. The number of para-hydroxylation sites is 2. The Morgan fingerprint density at radius 2 is 0.750 bits per heavy atom. The van der Waals surface area contributed by atoms with Crippen molar-refractivity contribution in [1.29, 1.82) is 0 Å². The number of furan rings is 2. The monoisotopic (exact) mass is 717 g/mol. The van der Waals surface area contributed by atoms with E-state index in [-0.39, 0.29) is 0 Å². The molecule has 0 fully saturated rings. The fourth-order valence-electron chi connectivity index (χ4n) is 7.76. The van der Waals surface area contributed by atoms with Crippen molar-refractivity contribution in [1.82, 2.24) is 15.0 Å². The van der Waals surface area contributed by atoms with Crippen molar-refractivity contribution in [3.8, 4) is 67.3 Å². The number of fused-ring (bicyclic) bond motifs is 6. The van der Waals surface area contributed by atoms with E-state index in [9.17, 15) is 0 Å². The van der Waals surface area contributed by atoms with E-state index in [4.69, 9.17) is 18.8 Å². The number of benzene rings is 7. The second-order valence-electron chi connectivity index (χ2n) is 14.1. The van der Waals surface area contributed by atoms with Crippen LogP contribution in [0.15, 0.2) is 197 Å². The van der Waals surface area contributed by atoms with Gasteiger partial charge in [-0.3, -0.25) is 4.98 Å². The molecule has 7 aromatic carbocycles. The van der Waals surface area contributed by atoms with Gasteiger partial charge in [-0.05, 0) is 106 Å². The minimum absolute atomic E-state index is 0.659. The quantitative estimate of drug-likeness (QED) is 0.171. The van der Waals surface area contributed by atoms with Gasteiger partial charge in [0.25, 0.3) is 0 Å². The number of hydrogen-bond donors (Lipinski definition) is 0. The lowest BCUT2D eigenvalue weighted by Crippen LogP contribution is -1.96. The first-order chi connectivity index (χ1) is 27.7.